The number of nitrogens with zero attached hydrogens (tertiary/aromatic N) is 1. The van der Waals surface area contributed by atoms with Crippen molar-refractivity contribution in [2.24, 2.45) is 11.8 Å². The Bertz CT molecular complexity index is 591. The molecule has 2 N–H and O–H groups in total. The summed E-state index contributed by atoms with van der Waals surface area (Å²) in [5.74, 6) is 1.55. The summed E-state index contributed by atoms with van der Waals surface area (Å²) in [7, 11) is 0. The lowest BCUT2D eigenvalue weighted by molar-refractivity contribution is -0.130. The van der Waals surface area contributed by atoms with E-state index in [-0.39, 0.29) is 24.9 Å². The Morgan fingerprint density at radius 3 is 2.61 bits per heavy atom. The van der Waals surface area contributed by atoms with Crippen molar-refractivity contribution in [1.29, 1.82) is 0 Å². The van der Waals surface area contributed by atoms with Gasteiger partial charge in [-0.25, -0.2) is 4.79 Å². The van der Waals surface area contributed by atoms with E-state index in [1.165, 1.54) is 50.6 Å². The maximum absolute atomic E-state index is 12.7. The van der Waals surface area contributed by atoms with Gasteiger partial charge < -0.3 is 15.5 Å². The number of hydrogen-bond acceptors (Lipinski definition) is 2. The molecule has 2 bridgehead atoms. The van der Waals surface area contributed by atoms with Crippen molar-refractivity contribution >= 4 is 11.9 Å². The van der Waals surface area contributed by atoms with Crippen LogP contribution in [-0.2, 0) is 4.79 Å². The normalized spacial score (nSPS) is 31.7. The smallest absolute Gasteiger partial charge is 0.315 e. The second-order valence-electron chi connectivity index (χ2n) is 9.21. The van der Waals surface area contributed by atoms with Gasteiger partial charge in [0.05, 0.1) is 0 Å². The second-order valence-corrected chi connectivity index (χ2v) is 9.21. The molecule has 1 saturated heterocycles. The molecule has 0 aromatic carbocycles. The summed E-state index contributed by atoms with van der Waals surface area (Å²) in [6.45, 7) is 1.27. The van der Waals surface area contributed by atoms with Crippen LogP contribution in [0.1, 0.15) is 90.9 Å². The maximum atomic E-state index is 12.7. The molecule has 3 aliphatic carbocycles. The minimum atomic E-state index is -0.0845. The molecule has 3 fully saturated rings. The lowest BCUT2D eigenvalue weighted by Crippen LogP contribution is -2.56. The van der Waals surface area contributed by atoms with Gasteiger partial charge in [-0.1, -0.05) is 39.2 Å². The Balaban J connectivity index is 0.00000225. The third kappa shape index (κ3) is 4.72. The molecule has 0 radical (unpaired) electrons. The number of allylic oxidation sites excluding steroid dienone is 2. The summed E-state index contributed by atoms with van der Waals surface area (Å²) in [5, 5.41) is 6.23. The van der Waals surface area contributed by atoms with E-state index in [1.54, 1.807) is 0 Å². The number of carbonyl (C=O) groups excluding carboxylic acids is 2. The number of likely N-dealkylation sites (tertiary alicyclic amines) is 1. The van der Waals surface area contributed by atoms with Crippen LogP contribution >= 0.6 is 0 Å². The highest BCUT2D eigenvalue weighted by Gasteiger charge is 2.40. The van der Waals surface area contributed by atoms with Gasteiger partial charge in [-0.3, -0.25) is 4.79 Å². The number of rotatable bonds is 4. The van der Waals surface area contributed by atoms with E-state index in [9.17, 15) is 9.59 Å². The molecule has 0 spiro atoms. The Morgan fingerprint density at radius 1 is 1.07 bits per heavy atom. The lowest BCUT2D eigenvalue weighted by Gasteiger charge is -2.45. The summed E-state index contributed by atoms with van der Waals surface area (Å²) in [5.41, 5.74) is 1.28. The summed E-state index contributed by atoms with van der Waals surface area (Å²) >= 11 is 0. The molecule has 3 amide bonds. The van der Waals surface area contributed by atoms with Crippen LogP contribution in [0.3, 0.4) is 0 Å². The van der Waals surface area contributed by atoms with Crippen molar-refractivity contribution in [2.45, 2.75) is 96.4 Å². The van der Waals surface area contributed by atoms with E-state index in [1.807, 2.05) is 4.90 Å². The molecular weight excluding hydrogens is 350 g/mol. The van der Waals surface area contributed by atoms with E-state index < -0.39 is 0 Å². The van der Waals surface area contributed by atoms with Gasteiger partial charge in [0.1, 0.15) is 0 Å². The largest absolute Gasteiger partial charge is 0.338 e. The molecule has 0 aromatic heterocycles. The number of nitrogens with one attached hydrogen (secondary N) is 2. The van der Waals surface area contributed by atoms with Gasteiger partial charge in [0.2, 0.25) is 5.91 Å². The van der Waals surface area contributed by atoms with Crippen LogP contribution in [-0.4, -0.2) is 35.5 Å². The zero-order valence-electron chi connectivity index (χ0n) is 16.6. The first-order chi connectivity index (χ1) is 13.2. The highest BCUT2D eigenvalue weighted by Crippen LogP contribution is 2.42. The Labute approximate surface area is 170 Å². The molecule has 4 aliphatic rings. The number of amides is 3. The summed E-state index contributed by atoms with van der Waals surface area (Å²) in [6.07, 6.45) is 17.0. The van der Waals surface area contributed by atoms with E-state index in [0.29, 0.717) is 18.9 Å². The third-order valence-corrected chi connectivity index (χ3v) is 7.29. The molecule has 28 heavy (non-hydrogen) atoms. The highest BCUT2D eigenvalue weighted by molar-refractivity contribution is 5.80. The quantitative estimate of drug-likeness (QED) is 0.730. The van der Waals surface area contributed by atoms with Crippen molar-refractivity contribution in [1.82, 2.24) is 15.5 Å². The molecule has 158 valence electrons. The Morgan fingerprint density at radius 2 is 1.82 bits per heavy atom. The molecule has 0 aromatic rings. The van der Waals surface area contributed by atoms with Crippen molar-refractivity contribution < 1.29 is 9.59 Å². The first-order valence-electron chi connectivity index (χ1n) is 11.2. The third-order valence-electron chi connectivity index (χ3n) is 7.29. The van der Waals surface area contributed by atoms with Crippen LogP contribution in [0.25, 0.3) is 0 Å². The SMILES string of the molecule is C.O=C(NCCC(=O)N1CCCC2CCCC=C21)NC12CCCC(CCC1)C2. The predicted molar refractivity (Wildman–Crippen MR) is 113 cm³/mol. The number of urea groups is 1. The summed E-state index contributed by atoms with van der Waals surface area (Å²) in [6, 6.07) is -0.0845. The summed E-state index contributed by atoms with van der Waals surface area (Å²) < 4.78 is 0. The van der Waals surface area contributed by atoms with Gasteiger partial charge in [0.25, 0.3) is 0 Å². The van der Waals surface area contributed by atoms with Crippen LogP contribution in [0.5, 0.6) is 0 Å². The molecular formula is C23H39N3O2. The topological polar surface area (TPSA) is 61.4 Å². The van der Waals surface area contributed by atoms with Gasteiger partial charge in [0.15, 0.2) is 0 Å². The zero-order valence-corrected chi connectivity index (χ0v) is 16.6. The molecule has 2 saturated carbocycles. The van der Waals surface area contributed by atoms with Gasteiger partial charge in [0, 0.05) is 30.7 Å². The predicted octanol–water partition coefficient (Wildman–Crippen LogP) is 4.73. The standard InChI is InChI=1S/C22H35N3O2.CH4/c26-20(25-15-5-9-18-8-1-2-10-19(18)25)11-14-23-21(27)24-22-12-3-6-17(16-22)7-4-13-22;/h10,17-18H,1-9,11-16H2,(H2,23,24,27);1H4. The van der Waals surface area contributed by atoms with Crippen LogP contribution in [0.4, 0.5) is 4.79 Å². The molecule has 1 unspecified atom stereocenters. The van der Waals surface area contributed by atoms with Crippen molar-refractivity contribution in [3.8, 4) is 0 Å². The molecule has 5 nitrogen and oxygen atoms in total. The Kier molecular flexibility index (Phi) is 7.05. The first kappa shape index (κ1) is 21.2. The minimum absolute atomic E-state index is 0. The second kappa shape index (κ2) is 9.32. The number of fused-ring (bicyclic) bond motifs is 3. The van der Waals surface area contributed by atoms with E-state index in [2.05, 4.69) is 16.7 Å². The fourth-order valence-corrected chi connectivity index (χ4v) is 6.01. The summed E-state index contributed by atoms with van der Waals surface area (Å²) in [4.78, 5) is 27.1. The molecule has 1 aliphatic heterocycles. The number of carbonyl (C=O) groups is 2. The van der Waals surface area contributed by atoms with Crippen molar-refractivity contribution in [3.05, 3.63) is 11.8 Å². The van der Waals surface area contributed by atoms with Crippen molar-refractivity contribution in [2.75, 3.05) is 13.1 Å². The fraction of sp³-hybridized carbons (Fsp3) is 0.826. The van der Waals surface area contributed by atoms with Gasteiger partial charge in [-0.05, 0) is 63.2 Å². The van der Waals surface area contributed by atoms with Crippen LogP contribution < -0.4 is 10.6 Å². The molecule has 1 heterocycles. The first-order valence-corrected chi connectivity index (χ1v) is 11.2. The lowest BCUT2D eigenvalue weighted by atomic mass is 9.67. The monoisotopic (exact) mass is 389 g/mol. The molecule has 4 rings (SSSR count). The van der Waals surface area contributed by atoms with Crippen molar-refractivity contribution in [3.63, 3.8) is 0 Å². The molecule has 1 atom stereocenters. The van der Waals surface area contributed by atoms with E-state index in [4.69, 9.17) is 0 Å². The fourth-order valence-electron chi connectivity index (χ4n) is 6.01. The zero-order chi connectivity index (χ0) is 18.7. The van der Waals surface area contributed by atoms with Gasteiger partial charge >= 0.3 is 6.03 Å². The Hall–Kier alpha value is -1.52. The van der Waals surface area contributed by atoms with Gasteiger partial charge in [-0.15, -0.1) is 0 Å². The number of piperidine rings is 1. The maximum Gasteiger partial charge on any atom is 0.315 e. The van der Waals surface area contributed by atoms with Crippen LogP contribution in [0, 0.1) is 11.8 Å². The average molecular weight is 390 g/mol. The van der Waals surface area contributed by atoms with Gasteiger partial charge in [-0.2, -0.15) is 0 Å². The van der Waals surface area contributed by atoms with E-state index >= 15 is 0 Å². The van der Waals surface area contributed by atoms with Crippen LogP contribution in [0.15, 0.2) is 11.8 Å². The van der Waals surface area contributed by atoms with E-state index in [0.717, 1.165) is 44.6 Å². The minimum Gasteiger partial charge on any atom is -0.338 e. The highest BCUT2D eigenvalue weighted by atomic mass is 16.2. The van der Waals surface area contributed by atoms with Crippen LogP contribution in [0.2, 0.25) is 0 Å². The average Bonchev–Trinajstić information content (AvgIpc) is 2.67. The number of hydrogen-bond donors (Lipinski definition) is 2. The molecule has 5 heteroatoms.